The molecule has 0 aromatic heterocycles. The van der Waals surface area contributed by atoms with Crippen molar-refractivity contribution in [3.05, 3.63) is 34.9 Å². The Balaban J connectivity index is 1.45. The SMILES string of the molecule is O=C(CCCc1ccccc1Cl)N[C@@H]1C[C@@H](O)C12CCOCC2. The number of rotatable bonds is 5. The van der Waals surface area contributed by atoms with E-state index in [1.165, 1.54) is 0 Å². The molecule has 2 aliphatic rings. The predicted molar refractivity (Wildman–Crippen MR) is 89.4 cm³/mol. The lowest BCUT2D eigenvalue weighted by Crippen LogP contribution is -2.65. The minimum atomic E-state index is -0.306. The van der Waals surface area contributed by atoms with Gasteiger partial charge in [-0.3, -0.25) is 4.79 Å². The monoisotopic (exact) mass is 337 g/mol. The largest absolute Gasteiger partial charge is 0.392 e. The minimum Gasteiger partial charge on any atom is -0.392 e. The molecule has 1 aromatic carbocycles. The highest BCUT2D eigenvalue weighted by molar-refractivity contribution is 6.31. The van der Waals surface area contributed by atoms with Gasteiger partial charge in [-0.1, -0.05) is 29.8 Å². The summed E-state index contributed by atoms with van der Waals surface area (Å²) in [6.45, 7) is 1.35. The van der Waals surface area contributed by atoms with E-state index in [4.69, 9.17) is 16.3 Å². The van der Waals surface area contributed by atoms with Crippen LogP contribution in [-0.4, -0.2) is 36.4 Å². The Morgan fingerprint density at radius 2 is 2.09 bits per heavy atom. The minimum absolute atomic E-state index is 0.0693. The van der Waals surface area contributed by atoms with Crippen molar-refractivity contribution in [1.29, 1.82) is 0 Å². The first kappa shape index (κ1) is 16.7. The molecule has 1 aromatic rings. The van der Waals surface area contributed by atoms with Crippen molar-refractivity contribution in [2.75, 3.05) is 13.2 Å². The standard InChI is InChI=1S/C18H24ClNO3/c19-14-6-2-1-4-13(14)5-3-7-17(22)20-15-12-16(21)18(15)8-10-23-11-9-18/h1-2,4,6,15-16,21H,3,5,7-12H2,(H,20,22)/t15-,16-/m1/s1. The van der Waals surface area contributed by atoms with Crippen LogP contribution in [0.25, 0.3) is 0 Å². The second-order valence-electron chi connectivity index (χ2n) is 6.66. The van der Waals surface area contributed by atoms with Crippen LogP contribution < -0.4 is 5.32 Å². The molecule has 0 radical (unpaired) electrons. The van der Waals surface area contributed by atoms with Crippen molar-refractivity contribution in [1.82, 2.24) is 5.32 Å². The van der Waals surface area contributed by atoms with E-state index in [-0.39, 0.29) is 23.5 Å². The number of ether oxygens (including phenoxy) is 1. The quantitative estimate of drug-likeness (QED) is 0.868. The molecule has 4 nitrogen and oxygen atoms in total. The third-order valence-corrected chi connectivity index (χ3v) is 5.75. The summed E-state index contributed by atoms with van der Waals surface area (Å²) in [4.78, 5) is 12.2. The smallest absolute Gasteiger partial charge is 0.220 e. The highest BCUT2D eigenvalue weighted by Gasteiger charge is 2.55. The molecule has 3 rings (SSSR count). The maximum atomic E-state index is 12.2. The molecule has 1 amide bonds. The van der Waals surface area contributed by atoms with Crippen LogP contribution in [0.5, 0.6) is 0 Å². The fourth-order valence-electron chi connectivity index (χ4n) is 3.81. The molecule has 126 valence electrons. The van der Waals surface area contributed by atoms with E-state index >= 15 is 0 Å². The Bertz CT molecular complexity index is 557. The highest BCUT2D eigenvalue weighted by Crippen LogP contribution is 2.48. The summed E-state index contributed by atoms with van der Waals surface area (Å²) in [5.74, 6) is 0.0693. The molecule has 1 aliphatic carbocycles. The van der Waals surface area contributed by atoms with E-state index in [1.54, 1.807) is 0 Å². The summed E-state index contributed by atoms with van der Waals surface area (Å²) in [6.07, 6.45) is 4.10. The van der Waals surface area contributed by atoms with Gasteiger partial charge >= 0.3 is 0 Å². The van der Waals surface area contributed by atoms with Crippen LogP contribution in [0.1, 0.15) is 37.7 Å². The van der Waals surface area contributed by atoms with Crippen LogP contribution in [0.2, 0.25) is 5.02 Å². The first-order valence-corrected chi connectivity index (χ1v) is 8.78. The zero-order valence-electron chi connectivity index (χ0n) is 13.3. The van der Waals surface area contributed by atoms with E-state index in [0.29, 0.717) is 26.1 Å². The maximum absolute atomic E-state index is 12.2. The Labute approximate surface area is 142 Å². The summed E-state index contributed by atoms with van der Waals surface area (Å²) >= 11 is 6.13. The van der Waals surface area contributed by atoms with Gasteiger partial charge in [-0.25, -0.2) is 0 Å². The average Bonchev–Trinajstić information content (AvgIpc) is 2.57. The molecule has 5 heteroatoms. The van der Waals surface area contributed by atoms with Crippen LogP contribution in [-0.2, 0) is 16.0 Å². The lowest BCUT2D eigenvalue weighted by Gasteiger charge is -2.55. The number of nitrogens with one attached hydrogen (secondary N) is 1. The Morgan fingerprint density at radius 3 is 2.78 bits per heavy atom. The van der Waals surface area contributed by atoms with Gasteiger partial charge in [0.15, 0.2) is 0 Å². The van der Waals surface area contributed by atoms with E-state index in [1.807, 2.05) is 24.3 Å². The van der Waals surface area contributed by atoms with E-state index in [0.717, 1.165) is 36.3 Å². The van der Waals surface area contributed by atoms with Gasteiger partial charge < -0.3 is 15.2 Å². The number of benzene rings is 1. The number of carbonyl (C=O) groups excluding carboxylic acids is 1. The molecule has 1 heterocycles. The van der Waals surface area contributed by atoms with Gasteiger partial charge in [-0.15, -0.1) is 0 Å². The Morgan fingerprint density at radius 1 is 1.35 bits per heavy atom. The lowest BCUT2D eigenvalue weighted by atomic mass is 9.58. The predicted octanol–water partition coefficient (Wildman–Crippen LogP) is 2.71. The number of hydrogen-bond donors (Lipinski definition) is 2. The number of aryl methyl sites for hydroxylation is 1. The number of halogens is 1. The number of carbonyl (C=O) groups is 1. The summed E-state index contributed by atoms with van der Waals surface area (Å²) in [6, 6.07) is 7.84. The van der Waals surface area contributed by atoms with Gasteiger partial charge in [0.1, 0.15) is 0 Å². The normalized spacial score (nSPS) is 25.8. The molecule has 2 fully saturated rings. The first-order valence-electron chi connectivity index (χ1n) is 8.40. The zero-order chi connectivity index (χ0) is 16.3. The number of aliphatic hydroxyl groups is 1. The summed E-state index contributed by atoms with van der Waals surface area (Å²) < 4.78 is 5.39. The number of aliphatic hydroxyl groups excluding tert-OH is 1. The summed E-state index contributed by atoms with van der Waals surface area (Å²) in [7, 11) is 0. The molecule has 1 spiro atoms. The van der Waals surface area contributed by atoms with Crippen LogP contribution in [0.4, 0.5) is 0 Å². The van der Waals surface area contributed by atoms with Crippen LogP contribution >= 0.6 is 11.6 Å². The van der Waals surface area contributed by atoms with E-state index in [2.05, 4.69) is 5.32 Å². The zero-order valence-corrected chi connectivity index (χ0v) is 14.0. The van der Waals surface area contributed by atoms with Crippen LogP contribution in [0.3, 0.4) is 0 Å². The number of hydrogen-bond acceptors (Lipinski definition) is 3. The lowest BCUT2D eigenvalue weighted by molar-refractivity contribution is -0.156. The van der Waals surface area contributed by atoms with Crippen molar-refractivity contribution < 1.29 is 14.6 Å². The van der Waals surface area contributed by atoms with Crippen LogP contribution in [0.15, 0.2) is 24.3 Å². The van der Waals surface area contributed by atoms with Gasteiger partial charge in [0.2, 0.25) is 5.91 Å². The van der Waals surface area contributed by atoms with Crippen molar-refractivity contribution in [2.45, 2.75) is 50.7 Å². The second kappa shape index (κ2) is 7.20. The van der Waals surface area contributed by atoms with Crippen molar-refractivity contribution in [3.63, 3.8) is 0 Å². The van der Waals surface area contributed by atoms with Gasteiger partial charge in [-0.05, 0) is 43.7 Å². The maximum Gasteiger partial charge on any atom is 0.220 e. The molecule has 23 heavy (non-hydrogen) atoms. The molecule has 1 aliphatic heterocycles. The first-order chi connectivity index (χ1) is 11.1. The van der Waals surface area contributed by atoms with Gasteiger partial charge in [0.25, 0.3) is 0 Å². The molecular formula is C18H24ClNO3. The molecule has 1 saturated heterocycles. The summed E-state index contributed by atoms with van der Waals surface area (Å²) in [5, 5.41) is 14.0. The van der Waals surface area contributed by atoms with Crippen molar-refractivity contribution in [2.24, 2.45) is 5.41 Å². The third-order valence-electron chi connectivity index (χ3n) is 5.38. The Hall–Kier alpha value is -1.10. The van der Waals surface area contributed by atoms with Crippen molar-refractivity contribution >= 4 is 17.5 Å². The number of amides is 1. The molecule has 2 atom stereocenters. The molecule has 1 saturated carbocycles. The topological polar surface area (TPSA) is 58.6 Å². The Kier molecular flexibility index (Phi) is 5.24. The highest BCUT2D eigenvalue weighted by atomic mass is 35.5. The van der Waals surface area contributed by atoms with Crippen molar-refractivity contribution in [3.8, 4) is 0 Å². The van der Waals surface area contributed by atoms with Gasteiger partial charge in [0.05, 0.1) is 6.10 Å². The molecule has 0 bridgehead atoms. The second-order valence-corrected chi connectivity index (χ2v) is 7.07. The summed E-state index contributed by atoms with van der Waals surface area (Å²) in [5.41, 5.74) is 0.929. The van der Waals surface area contributed by atoms with Gasteiger partial charge in [-0.2, -0.15) is 0 Å². The van der Waals surface area contributed by atoms with Crippen LogP contribution in [0, 0.1) is 5.41 Å². The van der Waals surface area contributed by atoms with E-state index < -0.39 is 0 Å². The molecule has 0 unspecified atom stereocenters. The fourth-order valence-corrected chi connectivity index (χ4v) is 4.04. The average molecular weight is 338 g/mol. The molecular weight excluding hydrogens is 314 g/mol. The van der Waals surface area contributed by atoms with Gasteiger partial charge in [0, 0.05) is 36.1 Å². The van der Waals surface area contributed by atoms with E-state index in [9.17, 15) is 9.90 Å². The fraction of sp³-hybridized carbons (Fsp3) is 0.611. The molecule has 2 N–H and O–H groups in total. The third kappa shape index (κ3) is 3.54.